The molecule has 0 rings (SSSR count). The average molecular weight is 132 g/mol. The molecule has 44 valence electrons. The molecular formula is C2H5LiO4S. The van der Waals surface area contributed by atoms with Crippen molar-refractivity contribution in [1.82, 2.24) is 0 Å². The van der Waals surface area contributed by atoms with Gasteiger partial charge in [-0.3, -0.25) is 4.55 Å². The second kappa shape index (κ2) is 3.98. The van der Waals surface area contributed by atoms with E-state index in [0.717, 1.165) is 0 Å². The zero-order valence-electron chi connectivity index (χ0n) is 5.36. The minimum absolute atomic E-state index is 0. The molecule has 0 aliphatic heterocycles. The molecule has 4 nitrogen and oxygen atoms in total. The molecule has 8 heavy (non-hydrogen) atoms. The minimum atomic E-state index is -4.29. The first-order valence-electron chi connectivity index (χ1n) is 1.33. The van der Waals surface area contributed by atoms with Crippen LogP contribution in [-0.4, -0.2) is 13.0 Å². The minimum Gasteiger partial charge on any atom is -1.00 e. The van der Waals surface area contributed by atoms with Gasteiger partial charge < -0.3 is 5.61 Å². The van der Waals surface area contributed by atoms with Crippen molar-refractivity contribution in [3.8, 4) is 0 Å². The van der Waals surface area contributed by atoms with Crippen LogP contribution in [0.15, 0.2) is 12.8 Å². The van der Waals surface area contributed by atoms with Crippen molar-refractivity contribution in [1.29, 1.82) is 0 Å². The van der Waals surface area contributed by atoms with Crippen LogP contribution in [-0.2, 0) is 14.6 Å². The smallest absolute Gasteiger partial charge is 1.00 e. The van der Waals surface area contributed by atoms with Gasteiger partial charge >= 0.3 is 29.3 Å². The SMILES string of the molecule is C=COS(=O)(=O)O.[H-].[Li+]. The Bertz CT molecular complexity index is 152. The molecule has 0 saturated carbocycles. The Hall–Kier alpha value is 0.0474. The molecule has 0 fully saturated rings. The molecule has 0 heterocycles. The van der Waals surface area contributed by atoms with Crippen LogP contribution in [0.1, 0.15) is 1.43 Å². The predicted octanol–water partition coefficient (Wildman–Crippen LogP) is -2.93. The molecule has 1 N–H and O–H groups in total. The molecule has 0 aliphatic rings. The summed E-state index contributed by atoms with van der Waals surface area (Å²) in [5, 5.41) is 0. The van der Waals surface area contributed by atoms with E-state index < -0.39 is 10.4 Å². The molecule has 0 aromatic rings. The molecule has 0 radical (unpaired) electrons. The van der Waals surface area contributed by atoms with Crippen molar-refractivity contribution in [3.63, 3.8) is 0 Å². The third-order valence-electron chi connectivity index (χ3n) is 0.190. The molecule has 0 unspecified atom stereocenters. The summed E-state index contributed by atoms with van der Waals surface area (Å²) in [5.74, 6) is 0. The monoisotopic (exact) mass is 132 g/mol. The second-order valence-electron chi connectivity index (χ2n) is 0.691. The van der Waals surface area contributed by atoms with Gasteiger partial charge in [0.25, 0.3) is 0 Å². The average Bonchev–Trinajstić information content (AvgIpc) is 1.30. The Balaban J connectivity index is -0.000000180. The molecule has 0 saturated heterocycles. The summed E-state index contributed by atoms with van der Waals surface area (Å²) < 4.78 is 30.2. The predicted molar refractivity (Wildman–Crippen MR) is 23.9 cm³/mol. The van der Waals surface area contributed by atoms with Gasteiger partial charge in [-0.2, -0.15) is 8.42 Å². The molecule has 6 heteroatoms. The van der Waals surface area contributed by atoms with Gasteiger partial charge in [0.05, 0.1) is 0 Å². The first-order chi connectivity index (χ1) is 3.06. The fourth-order valence-electron chi connectivity index (χ4n) is 0.0860. The third kappa shape index (κ3) is 9.40. The zero-order valence-corrected chi connectivity index (χ0v) is 5.18. The summed E-state index contributed by atoms with van der Waals surface area (Å²) in [6, 6.07) is 0. The first-order valence-corrected chi connectivity index (χ1v) is 2.69. The summed E-state index contributed by atoms with van der Waals surface area (Å²) in [6.07, 6.45) is 0.620. The molecular weight excluding hydrogens is 127 g/mol. The van der Waals surface area contributed by atoms with Crippen molar-refractivity contribution < 1.29 is 37.4 Å². The summed E-state index contributed by atoms with van der Waals surface area (Å²) in [4.78, 5) is 0. The maximum atomic E-state index is 9.49. The Morgan fingerprint density at radius 1 is 1.75 bits per heavy atom. The Morgan fingerprint density at radius 3 is 2.12 bits per heavy atom. The van der Waals surface area contributed by atoms with E-state index in [1.54, 1.807) is 0 Å². The maximum Gasteiger partial charge on any atom is 1.00 e. The van der Waals surface area contributed by atoms with E-state index >= 15 is 0 Å². The largest absolute Gasteiger partial charge is 1.00 e. The second-order valence-corrected chi connectivity index (χ2v) is 1.74. The van der Waals surface area contributed by atoms with Crippen molar-refractivity contribution in [2.75, 3.05) is 0 Å². The van der Waals surface area contributed by atoms with Crippen molar-refractivity contribution in [2.24, 2.45) is 0 Å². The molecule has 0 aromatic carbocycles. The summed E-state index contributed by atoms with van der Waals surface area (Å²) in [7, 11) is -4.29. The molecule has 0 aromatic heterocycles. The van der Waals surface area contributed by atoms with Crippen molar-refractivity contribution in [3.05, 3.63) is 12.8 Å². The quantitative estimate of drug-likeness (QED) is 0.248. The standard InChI is InChI=1S/C2H4O4S.Li.H/c1-2-6-7(3,4)5;;/h2H,1H2,(H,3,4,5);;/q;+1;-1. The van der Waals surface area contributed by atoms with Crippen molar-refractivity contribution >= 4 is 10.4 Å². The summed E-state index contributed by atoms with van der Waals surface area (Å²) >= 11 is 0. The van der Waals surface area contributed by atoms with E-state index in [1.165, 1.54) is 0 Å². The first kappa shape index (κ1) is 10.9. The van der Waals surface area contributed by atoms with Gasteiger partial charge in [-0.15, -0.1) is 0 Å². The Labute approximate surface area is 61.1 Å². The van der Waals surface area contributed by atoms with E-state index in [9.17, 15) is 8.42 Å². The van der Waals surface area contributed by atoms with Gasteiger partial charge in [0.15, 0.2) is 0 Å². The van der Waals surface area contributed by atoms with E-state index in [-0.39, 0.29) is 20.3 Å². The van der Waals surface area contributed by atoms with Gasteiger partial charge in [-0.05, 0) is 0 Å². The van der Waals surface area contributed by atoms with Crippen LogP contribution in [0.5, 0.6) is 0 Å². The van der Waals surface area contributed by atoms with Gasteiger partial charge in [0.2, 0.25) is 0 Å². The summed E-state index contributed by atoms with van der Waals surface area (Å²) in [6.45, 7) is 2.88. The van der Waals surface area contributed by atoms with E-state index in [4.69, 9.17) is 4.55 Å². The molecule has 0 amide bonds. The van der Waals surface area contributed by atoms with Gasteiger partial charge in [-0.25, -0.2) is 0 Å². The van der Waals surface area contributed by atoms with Crippen molar-refractivity contribution in [2.45, 2.75) is 0 Å². The topological polar surface area (TPSA) is 63.6 Å². The van der Waals surface area contributed by atoms with Gasteiger partial charge in [0.1, 0.15) is 6.26 Å². The van der Waals surface area contributed by atoms with Crippen LogP contribution in [0.3, 0.4) is 0 Å². The summed E-state index contributed by atoms with van der Waals surface area (Å²) in [5.41, 5.74) is 0. The van der Waals surface area contributed by atoms with Crippen LogP contribution in [0.4, 0.5) is 0 Å². The third-order valence-corrected chi connectivity index (χ3v) is 0.569. The Kier molecular flexibility index (Phi) is 5.44. The fraction of sp³-hybridized carbons (Fsp3) is 0. The maximum absolute atomic E-state index is 9.49. The van der Waals surface area contributed by atoms with E-state index in [0.29, 0.717) is 6.26 Å². The normalized spacial score (nSPS) is 9.12. The number of hydrogen-bond donors (Lipinski definition) is 1. The molecule has 0 atom stereocenters. The van der Waals surface area contributed by atoms with Crippen LogP contribution >= 0.6 is 0 Å². The van der Waals surface area contributed by atoms with Crippen LogP contribution in [0.2, 0.25) is 0 Å². The van der Waals surface area contributed by atoms with Gasteiger partial charge in [0, 0.05) is 0 Å². The van der Waals surface area contributed by atoms with Crippen LogP contribution in [0, 0.1) is 0 Å². The number of hydrogen-bond acceptors (Lipinski definition) is 3. The molecule has 0 aliphatic carbocycles. The Morgan fingerprint density at radius 2 is 2.12 bits per heavy atom. The van der Waals surface area contributed by atoms with E-state index in [1.807, 2.05) is 0 Å². The van der Waals surface area contributed by atoms with Crippen LogP contribution in [0.25, 0.3) is 0 Å². The molecule has 0 bridgehead atoms. The number of rotatable bonds is 2. The van der Waals surface area contributed by atoms with Crippen LogP contribution < -0.4 is 18.9 Å². The van der Waals surface area contributed by atoms with Gasteiger partial charge in [-0.1, -0.05) is 6.58 Å². The fourth-order valence-corrected chi connectivity index (χ4v) is 0.258. The van der Waals surface area contributed by atoms with E-state index in [2.05, 4.69) is 10.8 Å². The zero-order chi connectivity index (χ0) is 5.91. The molecule has 0 spiro atoms.